The largest absolute Gasteiger partial charge is 0.482 e. The van der Waals surface area contributed by atoms with Crippen molar-refractivity contribution in [2.24, 2.45) is 0 Å². The summed E-state index contributed by atoms with van der Waals surface area (Å²) in [6.07, 6.45) is 0. The summed E-state index contributed by atoms with van der Waals surface area (Å²) in [7, 11) is 0. The van der Waals surface area contributed by atoms with Gasteiger partial charge in [-0.1, -0.05) is 35.9 Å². The van der Waals surface area contributed by atoms with Gasteiger partial charge in [0.05, 0.1) is 4.92 Å². The van der Waals surface area contributed by atoms with Crippen molar-refractivity contribution in [2.75, 3.05) is 0 Å². The van der Waals surface area contributed by atoms with Gasteiger partial charge in [0.25, 0.3) is 0 Å². The van der Waals surface area contributed by atoms with Crippen LogP contribution in [-0.4, -0.2) is 4.92 Å². The molecule has 2 aromatic carbocycles. The first-order valence-corrected chi connectivity index (χ1v) is 5.65. The van der Waals surface area contributed by atoms with E-state index in [1.165, 1.54) is 6.07 Å². The molecule has 0 bridgehead atoms. The molecule has 0 saturated carbocycles. The van der Waals surface area contributed by atoms with Crippen LogP contribution in [0.3, 0.4) is 0 Å². The summed E-state index contributed by atoms with van der Waals surface area (Å²) in [5, 5.41) is 11.4. The minimum absolute atomic E-state index is 0.0357. The van der Waals surface area contributed by atoms with Gasteiger partial charge in [-0.2, -0.15) is 0 Å². The van der Waals surface area contributed by atoms with Crippen molar-refractivity contribution in [2.45, 2.75) is 6.61 Å². The Morgan fingerprint density at radius 3 is 2.44 bits per heavy atom. The smallest absolute Gasteiger partial charge is 0.310 e. The van der Waals surface area contributed by atoms with Gasteiger partial charge in [0.15, 0.2) is 5.75 Å². The SMILES string of the molecule is O=[N+]([O-])c1ccccc1OCc1ccc(Cl)cc1. The van der Waals surface area contributed by atoms with Crippen molar-refractivity contribution >= 4 is 17.3 Å². The van der Waals surface area contributed by atoms with Gasteiger partial charge in [-0.15, -0.1) is 0 Å². The standard InChI is InChI=1S/C13H10ClNO3/c14-11-7-5-10(6-8-11)9-18-13-4-2-1-3-12(13)15(16)17/h1-8H,9H2. The molecule has 18 heavy (non-hydrogen) atoms. The lowest BCUT2D eigenvalue weighted by atomic mass is 10.2. The van der Waals surface area contributed by atoms with E-state index in [9.17, 15) is 10.1 Å². The molecule has 0 spiro atoms. The first-order valence-electron chi connectivity index (χ1n) is 5.27. The summed E-state index contributed by atoms with van der Waals surface area (Å²) in [5.41, 5.74) is 0.865. The second-order valence-electron chi connectivity index (χ2n) is 3.64. The highest BCUT2D eigenvalue weighted by atomic mass is 35.5. The van der Waals surface area contributed by atoms with E-state index >= 15 is 0 Å². The van der Waals surface area contributed by atoms with Gasteiger partial charge < -0.3 is 4.74 Å². The maximum absolute atomic E-state index is 10.8. The summed E-state index contributed by atoms with van der Waals surface area (Å²) in [6, 6.07) is 13.4. The molecule has 0 radical (unpaired) electrons. The van der Waals surface area contributed by atoms with Gasteiger partial charge in [-0.05, 0) is 23.8 Å². The lowest BCUT2D eigenvalue weighted by Gasteiger charge is -2.06. The van der Waals surface area contributed by atoms with Crippen molar-refractivity contribution in [1.29, 1.82) is 0 Å². The summed E-state index contributed by atoms with van der Waals surface area (Å²) in [6.45, 7) is 0.266. The van der Waals surface area contributed by atoms with Crippen LogP contribution in [0.4, 0.5) is 5.69 Å². The normalized spacial score (nSPS) is 10.1. The summed E-state index contributed by atoms with van der Waals surface area (Å²) in [5.74, 6) is 0.262. The van der Waals surface area contributed by atoms with E-state index in [0.29, 0.717) is 5.02 Å². The molecule has 92 valence electrons. The van der Waals surface area contributed by atoms with Gasteiger partial charge in [0.2, 0.25) is 0 Å². The van der Waals surface area contributed by atoms with E-state index in [4.69, 9.17) is 16.3 Å². The zero-order chi connectivity index (χ0) is 13.0. The molecule has 0 fully saturated rings. The highest BCUT2D eigenvalue weighted by Crippen LogP contribution is 2.26. The topological polar surface area (TPSA) is 52.4 Å². The fraction of sp³-hybridized carbons (Fsp3) is 0.0769. The molecule has 0 aliphatic rings. The van der Waals surface area contributed by atoms with Gasteiger partial charge >= 0.3 is 5.69 Å². The van der Waals surface area contributed by atoms with Gasteiger partial charge in [-0.3, -0.25) is 10.1 Å². The molecule has 2 rings (SSSR count). The highest BCUT2D eigenvalue weighted by molar-refractivity contribution is 6.30. The van der Waals surface area contributed by atoms with E-state index in [1.807, 2.05) is 12.1 Å². The van der Waals surface area contributed by atoms with Crippen LogP contribution in [0.25, 0.3) is 0 Å². The number of nitro benzene ring substituents is 1. The molecule has 0 aliphatic carbocycles. The van der Waals surface area contributed by atoms with Crippen LogP contribution in [0.1, 0.15) is 5.56 Å². The number of nitrogens with zero attached hydrogens (tertiary/aromatic N) is 1. The second kappa shape index (κ2) is 5.51. The number of ether oxygens (including phenoxy) is 1. The zero-order valence-electron chi connectivity index (χ0n) is 9.38. The molecule has 0 amide bonds. The Morgan fingerprint density at radius 1 is 1.11 bits per heavy atom. The summed E-state index contributed by atoms with van der Waals surface area (Å²) in [4.78, 5) is 10.3. The average Bonchev–Trinajstić information content (AvgIpc) is 2.38. The monoisotopic (exact) mass is 263 g/mol. The molecule has 0 aliphatic heterocycles. The van der Waals surface area contributed by atoms with Crippen LogP contribution in [0.2, 0.25) is 5.02 Å². The second-order valence-corrected chi connectivity index (χ2v) is 4.08. The average molecular weight is 264 g/mol. The molecule has 0 unspecified atom stereocenters. The summed E-state index contributed by atoms with van der Waals surface area (Å²) < 4.78 is 5.44. The fourth-order valence-corrected chi connectivity index (χ4v) is 1.60. The lowest BCUT2D eigenvalue weighted by Crippen LogP contribution is -1.98. The highest BCUT2D eigenvalue weighted by Gasteiger charge is 2.13. The van der Waals surface area contributed by atoms with Crippen molar-refractivity contribution in [3.8, 4) is 5.75 Å². The van der Waals surface area contributed by atoms with Crippen molar-refractivity contribution in [3.63, 3.8) is 0 Å². The zero-order valence-corrected chi connectivity index (χ0v) is 10.1. The molecule has 0 atom stereocenters. The lowest BCUT2D eigenvalue weighted by molar-refractivity contribution is -0.385. The molecule has 0 N–H and O–H groups in total. The number of hydrogen-bond donors (Lipinski definition) is 0. The Bertz CT molecular complexity index is 554. The third-order valence-corrected chi connectivity index (χ3v) is 2.62. The molecular weight excluding hydrogens is 254 g/mol. The Morgan fingerprint density at radius 2 is 1.78 bits per heavy atom. The minimum Gasteiger partial charge on any atom is -0.482 e. The van der Waals surface area contributed by atoms with E-state index in [1.54, 1.807) is 30.3 Å². The Balaban J connectivity index is 2.10. The van der Waals surface area contributed by atoms with E-state index in [0.717, 1.165) is 5.56 Å². The third kappa shape index (κ3) is 2.99. The molecule has 2 aromatic rings. The summed E-state index contributed by atoms with van der Waals surface area (Å²) >= 11 is 5.77. The predicted octanol–water partition coefficient (Wildman–Crippen LogP) is 3.83. The van der Waals surface area contributed by atoms with Crippen LogP contribution in [-0.2, 0) is 6.61 Å². The van der Waals surface area contributed by atoms with Crippen LogP contribution in [0.5, 0.6) is 5.75 Å². The Hall–Kier alpha value is -2.07. The van der Waals surface area contributed by atoms with Gasteiger partial charge in [0, 0.05) is 11.1 Å². The van der Waals surface area contributed by atoms with Crippen LogP contribution >= 0.6 is 11.6 Å². The van der Waals surface area contributed by atoms with Crippen LogP contribution < -0.4 is 4.74 Å². The van der Waals surface area contributed by atoms with E-state index in [-0.39, 0.29) is 18.0 Å². The van der Waals surface area contributed by atoms with E-state index in [2.05, 4.69) is 0 Å². The predicted molar refractivity (Wildman–Crippen MR) is 68.9 cm³/mol. The number of benzene rings is 2. The van der Waals surface area contributed by atoms with Gasteiger partial charge in [0.1, 0.15) is 6.61 Å². The molecule has 0 saturated heterocycles. The Labute approximate surface area is 109 Å². The molecule has 5 heteroatoms. The number of halogens is 1. The molecular formula is C13H10ClNO3. The first-order chi connectivity index (χ1) is 8.66. The van der Waals surface area contributed by atoms with Gasteiger partial charge in [-0.25, -0.2) is 0 Å². The molecule has 0 aromatic heterocycles. The third-order valence-electron chi connectivity index (χ3n) is 2.37. The number of rotatable bonds is 4. The molecule has 4 nitrogen and oxygen atoms in total. The number of hydrogen-bond acceptors (Lipinski definition) is 3. The number of para-hydroxylation sites is 2. The van der Waals surface area contributed by atoms with Crippen molar-refractivity contribution < 1.29 is 9.66 Å². The number of nitro groups is 1. The molecule has 0 heterocycles. The minimum atomic E-state index is -0.461. The van der Waals surface area contributed by atoms with Crippen LogP contribution in [0.15, 0.2) is 48.5 Å². The van der Waals surface area contributed by atoms with Crippen molar-refractivity contribution in [1.82, 2.24) is 0 Å². The maximum atomic E-state index is 10.8. The first kappa shape index (κ1) is 12.4. The quantitative estimate of drug-likeness (QED) is 0.622. The van der Waals surface area contributed by atoms with E-state index < -0.39 is 4.92 Å². The maximum Gasteiger partial charge on any atom is 0.310 e. The fourth-order valence-electron chi connectivity index (χ4n) is 1.47. The van der Waals surface area contributed by atoms with Crippen molar-refractivity contribution in [3.05, 3.63) is 69.2 Å². The Kier molecular flexibility index (Phi) is 3.79. The van der Waals surface area contributed by atoms with Crippen LogP contribution in [0, 0.1) is 10.1 Å².